The van der Waals surface area contributed by atoms with Crippen molar-refractivity contribution >= 4 is 10.8 Å². The van der Waals surface area contributed by atoms with Crippen LogP contribution in [0.4, 0.5) is 0 Å². The number of hydrogen-bond donors (Lipinski definition) is 1. The molecule has 4 heteroatoms. The molecular weight excluding hydrogens is 208 g/mol. The first-order valence-corrected chi connectivity index (χ1v) is 6.59. The molecule has 2 atom stereocenters. The molecule has 3 nitrogen and oxygen atoms in total. The van der Waals surface area contributed by atoms with Crippen LogP contribution in [-0.4, -0.2) is 28.0 Å². The van der Waals surface area contributed by atoms with Crippen molar-refractivity contribution in [1.82, 2.24) is 10.3 Å². The van der Waals surface area contributed by atoms with Crippen LogP contribution in [0.1, 0.15) is 12.0 Å². The molecule has 1 aliphatic rings. The van der Waals surface area contributed by atoms with Gasteiger partial charge in [-0.05, 0) is 50.0 Å². The van der Waals surface area contributed by atoms with Crippen LogP contribution in [0.2, 0.25) is 0 Å². The highest BCUT2D eigenvalue weighted by Gasteiger charge is 2.18. The maximum absolute atomic E-state index is 12.0. The van der Waals surface area contributed by atoms with Crippen LogP contribution >= 0.6 is 0 Å². The topological polar surface area (TPSA) is 42.0 Å². The number of hydrogen-bond acceptors (Lipinski definition) is 3. The maximum Gasteiger partial charge on any atom is 0.127 e. The van der Waals surface area contributed by atoms with Gasteiger partial charge >= 0.3 is 0 Å². The number of nitrogens with zero attached hydrogens (tertiary/aromatic N) is 1. The maximum atomic E-state index is 12.0. The Morgan fingerprint density at radius 3 is 3.20 bits per heavy atom. The quantitative estimate of drug-likeness (QED) is 0.836. The van der Waals surface area contributed by atoms with Crippen LogP contribution < -0.4 is 5.32 Å². The minimum atomic E-state index is -0.935. The summed E-state index contributed by atoms with van der Waals surface area (Å²) >= 11 is 0. The Labute approximate surface area is 92.8 Å². The van der Waals surface area contributed by atoms with E-state index in [-0.39, 0.29) is 0 Å². The van der Waals surface area contributed by atoms with Gasteiger partial charge in [0.2, 0.25) is 0 Å². The lowest BCUT2D eigenvalue weighted by molar-refractivity contribution is 0.631. The molecule has 0 bridgehead atoms. The number of aromatic nitrogens is 1. The van der Waals surface area contributed by atoms with E-state index in [1.807, 2.05) is 19.1 Å². The van der Waals surface area contributed by atoms with Gasteiger partial charge < -0.3 is 5.32 Å². The summed E-state index contributed by atoms with van der Waals surface area (Å²) in [7, 11) is -0.935. The van der Waals surface area contributed by atoms with Crippen LogP contribution in [0, 0.1) is 12.8 Å². The Hall–Kier alpha value is -0.740. The Balaban J connectivity index is 2.01. The minimum Gasteiger partial charge on any atom is -0.316 e. The van der Waals surface area contributed by atoms with Gasteiger partial charge in [-0.15, -0.1) is 0 Å². The lowest BCUT2D eigenvalue weighted by Gasteiger charge is -2.07. The molecule has 15 heavy (non-hydrogen) atoms. The Bertz CT molecular complexity index is 361. The van der Waals surface area contributed by atoms with Crippen LogP contribution in [-0.2, 0) is 10.8 Å². The first-order chi connectivity index (χ1) is 7.25. The van der Waals surface area contributed by atoms with Crippen molar-refractivity contribution in [2.24, 2.45) is 5.92 Å². The molecule has 2 rings (SSSR count). The third kappa shape index (κ3) is 2.86. The van der Waals surface area contributed by atoms with Gasteiger partial charge in [-0.1, -0.05) is 0 Å². The smallest absolute Gasteiger partial charge is 0.127 e. The zero-order valence-corrected chi connectivity index (χ0v) is 9.72. The SMILES string of the molecule is Cc1ccnc([S@](=O)C[C@H]2CCNC2)c1. The van der Waals surface area contributed by atoms with Crippen molar-refractivity contribution in [2.45, 2.75) is 18.4 Å². The number of pyridine rings is 1. The second-order valence-corrected chi connectivity index (χ2v) is 5.49. The van der Waals surface area contributed by atoms with Crippen molar-refractivity contribution < 1.29 is 4.21 Å². The van der Waals surface area contributed by atoms with Crippen molar-refractivity contribution in [3.8, 4) is 0 Å². The van der Waals surface area contributed by atoms with Gasteiger partial charge in [0.25, 0.3) is 0 Å². The molecule has 82 valence electrons. The molecule has 0 radical (unpaired) electrons. The highest BCUT2D eigenvalue weighted by molar-refractivity contribution is 7.84. The summed E-state index contributed by atoms with van der Waals surface area (Å²) in [6.07, 6.45) is 2.87. The number of aryl methyl sites for hydroxylation is 1. The van der Waals surface area contributed by atoms with Crippen LogP contribution in [0.3, 0.4) is 0 Å². The summed E-state index contributed by atoms with van der Waals surface area (Å²) in [4.78, 5) is 4.16. The summed E-state index contributed by atoms with van der Waals surface area (Å²) in [5.41, 5.74) is 1.12. The van der Waals surface area contributed by atoms with E-state index >= 15 is 0 Å². The number of rotatable bonds is 3. The van der Waals surface area contributed by atoms with Crippen molar-refractivity contribution in [2.75, 3.05) is 18.8 Å². The molecule has 0 saturated carbocycles. The van der Waals surface area contributed by atoms with E-state index in [2.05, 4.69) is 10.3 Å². The van der Waals surface area contributed by atoms with E-state index in [0.717, 1.165) is 35.9 Å². The van der Waals surface area contributed by atoms with Gasteiger partial charge in [0.05, 0.1) is 10.8 Å². The van der Waals surface area contributed by atoms with Gasteiger partial charge in [0, 0.05) is 11.9 Å². The fourth-order valence-electron chi connectivity index (χ4n) is 1.79. The molecule has 0 aromatic carbocycles. The third-order valence-corrected chi connectivity index (χ3v) is 4.14. The predicted octanol–water partition coefficient (Wildman–Crippen LogP) is 1.11. The van der Waals surface area contributed by atoms with Gasteiger partial charge in [0.1, 0.15) is 5.03 Å². The summed E-state index contributed by atoms with van der Waals surface area (Å²) in [5.74, 6) is 1.29. The molecule has 1 aromatic rings. The van der Waals surface area contributed by atoms with Crippen LogP contribution in [0.5, 0.6) is 0 Å². The Morgan fingerprint density at radius 2 is 2.53 bits per heavy atom. The average molecular weight is 224 g/mol. The third-order valence-electron chi connectivity index (χ3n) is 2.67. The van der Waals surface area contributed by atoms with Gasteiger partial charge in [-0.3, -0.25) is 4.21 Å². The molecule has 2 heterocycles. The lowest BCUT2D eigenvalue weighted by atomic mass is 10.2. The largest absolute Gasteiger partial charge is 0.316 e. The normalized spacial score (nSPS) is 22.9. The molecule has 1 aliphatic heterocycles. The van der Waals surface area contributed by atoms with Crippen LogP contribution in [0.15, 0.2) is 23.4 Å². The van der Waals surface area contributed by atoms with E-state index < -0.39 is 10.8 Å². The Morgan fingerprint density at radius 1 is 1.67 bits per heavy atom. The monoisotopic (exact) mass is 224 g/mol. The fourth-order valence-corrected chi connectivity index (χ4v) is 3.17. The molecule has 0 aliphatic carbocycles. The van der Waals surface area contributed by atoms with E-state index in [4.69, 9.17) is 0 Å². The molecule has 0 unspecified atom stereocenters. The first kappa shape index (κ1) is 10.8. The van der Waals surface area contributed by atoms with Gasteiger partial charge in [-0.2, -0.15) is 0 Å². The van der Waals surface area contributed by atoms with Gasteiger partial charge in [-0.25, -0.2) is 4.98 Å². The van der Waals surface area contributed by atoms with Crippen molar-refractivity contribution in [1.29, 1.82) is 0 Å². The first-order valence-electron chi connectivity index (χ1n) is 5.27. The Kier molecular flexibility index (Phi) is 3.49. The lowest BCUT2D eigenvalue weighted by Crippen LogP contribution is -2.15. The second kappa shape index (κ2) is 4.86. The molecule has 0 spiro atoms. The average Bonchev–Trinajstić information content (AvgIpc) is 2.70. The summed E-state index contributed by atoms with van der Waals surface area (Å²) < 4.78 is 12.0. The minimum absolute atomic E-state index is 0.549. The second-order valence-electron chi connectivity index (χ2n) is 4.04. The van der Waals surface area contributed by atoms with E-state index in [1.54, 1.807) is 6.20 Å². The van der Waals surface area contributed by atoms with E-state index in [0.29, 0.717) is 5.92 Å². The highest BCUT2D eigenvalue weighted by atomic mass is 32.2. The molecular formula is C11H16N2OS. The summed E-state index contributed by atoms with van der Waals surface area (Å²) in [5, 5.41) is 4.01. The number of nitrogens with one attached hydrogen (secondary N) is 1. The molecule has 1 saturated heterocycles. The molecule has 0 amide bonds. The van der Waals surface area contributed by atoms with E-state index in [1.165, 1.54) is 0 Å². The standard InChI is InChI=1S/C11H16N2OS/c1-9-2-5-13-11(6-9)15(14)8-10-3-4-12-7-10/h2,5-6,10,12H,3-4,7-8H2,1H3/t10-,15+/m0/s1. The van der Waals surface area contributed by atoms with Crippen molar-refractivity contribution in [3.05, 3.63) is 23.9 Å². The zero-order valence-electron chi connectivity index (χ0n) is 8.90. The highest BCUT2D eigenvalue weighted by Crippen LogP contribution is 2.13. The van der Waals surface area contributed by atoms with Crippen LogP contribution in [0.25, 0.3) is 0 Å². The summed E-state index contributed by atoms with van der Waals surface area (Å²) in [6.45, 7) is 4.06. The fraction of sp³-hybridized carbons (Fsp3) is 0.545. The van der Waals surface area contributed by atoms with Crippen molar-refractivity contribution in [3.63, 3.8) is 0 Å². The molecule has 1 fully saturated rings. The summed E-state index contributed by atoms with van der Waals surface area (Å²) in [6, 6.07) is 3.84. The van der Waals surface area contributed by atoms with Gasteiger partial charge in [0.15, 0.2) is 0 Å². The predicted molar refractivity (Wildman–Crippen MR) is 61.2 cm³/mol. The molecule has 1 N–H and O–H groups in total. The molecule has 1 aromatic heterocycles. The van der Waals surface area contributed by atoms with E-state index in [9.17, 15) is 4.21 Å². The zero-order chi connectivity index (χ0) is 10.7.